The Balaban J connectivity index is 2.07. The van der Waals surface area contributed by atoms with Crippen molar-refractivity contribution in [3.05, 3.63) is 53.2 Å². The van der Waals surface area contributed by atoms with Crippen LogP contribution in [0.15, 0.2) is 36.4 Å². The predicted octanol–water partition coefficient (Wildman–Crippen LogP) is 2.72. The highest BCUT2D eigenvalue weighted by atomic mass is 32.1. The van der Waals surface area contributed by atoms with Crippen molar-refractivity contribution in [2.45, 2.75) is 13.3 Å². The molecule has 0 saturated carbocycles. The average Bonchev–Trinajstić information content (AvgIpc) is 2.81. The van der Waals surface area contributed by atoms with E-state index in [2.05, 4.69) is 34.1 Å². The third kappa shape index (κ3) is 2.19. The van der Waals surface area contributed by atoms with Gasteiger partial charge in [0.25, 0.3) is 0 Å². The van der Waals surface area contributed by atoms with Gasteiger partial charge in [0.05, 0.1) is 0 Å². The van der Waals surface area contributed by atoms with Gasteiger partial charge in [-0.05, 0) is 37.1 Å². The third-order valence-corrected chi connectivity index (χ3v) is 3.62. The minimum absolute atomic E-state index is 0.416. The fourth-order valence-electron chi connectivity index (χ4n) is 2.51. The minimum Gasteiger partial charge on any atom is -0.389 e. The number of aryl methyl sites for hydroxylation is 1. The summed E-state index contributed by atoms with van der Waals surface area (Å²) in [5.74, 6) is 0.924. The molecule has 96 valence electrons. The van der Waals surface area contributed by atoms with Gasteiger partial charge in [0.15, 0.2) is 0 Å². The van der Waals surface area contributed by atoms with Crippen molar-refractivity contribution in [2.75, 3.05) is 11.4 Å². The zero-order valence-corrected chi connectivity index (χ0v) is 11.6. The quantitative estimate of drug-likeness (QED) is 0.851. The molecule has 1 aliphatic rings. The second-order valence-electron chi connectivity index (χ2n) is 4.75. The molecule has 1 aromatic heterocycles. The van der Waals surface area contributed by atoms with E-state index in [4.69, 9.17) is 18.0 Å². The number of rotatable bonds is 2. The molecule has 2 heterocycles. The summed E-state index contributed by atoms with van der Waals surface area (Å²) in [6.07, 6.45) is 1.05. The van der Waals surface area contributed by atoms with Crippen LogP contribution in [0.25, 0.3) is 0 Å². The molecular weight excluding hydrogens is 254 g/mol. The fourth-order valence-corrected chi connectivity index (χ4v) is 2.63. The Bertz CT molecular complexity index is 652. The lowest BCUT2D eigenvalue weighted by Gasteiger charge is -2.19. The molecule has 3 rings (SSSR count). The van der Waals surface area contributed by atoms with Crippen molar-refractivity contribution in [2.24, 2.45) is 5.73 Å². The van der Waals surface area contributed by atoms with Crippen LogP contribution in [0.3, 0.4) is 0 Å². The van der Waals surface area contributed by atoms with Crippen molar-refractivity contribution in [1.82, 2.24) is 4.98 Å². The monoisotopic (exact) mass is 269 g/mol. The Hall–Kier alpha value is -1.94. The molecular formula is C15H15N3S. The van der Waals surface area contributed by atoms with E-state index >= 15 is 0 Å². The lowest BCUT2D eigenvalue weighted by atomic mass is 10.2. The molecule has 1 aromatic carbocycles. The highest BCUT2D eigenvalue weighted by Crippen LogP contribution is 2.33. The summed E-state index contributed by atoms with van der Waals surface area (Å²) >= 11 is 5.07. The molecule has 4 heteroatoms. The van der Waals surface area contributed by atoms with E-state index in [-0.39, 0.29) is 0 Å². The van der Waals surface area contributed by atoms with Gasteiger partial charge < -0.3 is 10.6 Å². The van der Waals surface area contributed by atoms with Gasteiger partial charge in [-0.3, -0.25) is 0 Å². The van der Waals surface area contributed by atoms with Crippen LogP contribution in [0.2, 0.25) is 0 Å². The molecule has 3 nitrogen and oxygen atoms in total. The Morgan fingerprint density at radius 2 is 2.11 bits per heavy atom. The van der Waals surface area contributed by atoms with Crippen LogP contribution in [0.1, 0.15) is 16.8 Å². The van der Waals surface area contributed by atoms with E-state index in [9.17, 15) is 0 Å². The van der Waals surface area contributed by atoms with Crippen LogP contribution in [0, 0.1) is 6.92 Å². The predicted molar refractivity (Wildman–Crippen MR) is 82.0 cm³/mol. The van der Waals surface area contributed by atoms with Gasteiger partial charge >= 0.3 is 0 Å². The first-order valence-corrected chi connectivity index (χ1v) is 6.70. The number of aromatic nitrogens is 1. The van der Waals surface area contributed by atoms with E-state index in [1.54, 1.807) is 0 Å². The maximum absolute atomic E-state index is 5.73. The smallest absolute Gasteiger partial charge is 0.133 e. The normalized spacial score (nSPS) is 13.4. The minimum atomic E-state index is 0.416. The standard InChI is InChI=1S/C15H15N3S/c1-10-8-12(15(16)19)9-14(17-10)18-7-6-11-4-2-3-5-13(11)18/h2-5,8-9H,6-7H2,1H3,(H2,16,19). The number of fused-ring (bicyclic) bond motifs is 1. The first-order valence-electron chi connectivity index (χ1n) is 6.29. The van der Waals surface area contributed by atoms with Crippen LogP contribution >= 0.6 is 12.2 Å². The molecule has 0 aliphatic carbocycles. The molecule has 19 heavy (non-hydrogen) atoms. The molecule has 0 unspecified atom stereocenters. The number of hydrogen-bond acceptors (Lipinski definition) is 3. The van der Waals surface area contributed by atoms with Crippen molar-refractivity contribution in [3.63, 3.8) is 0 Å². The van der Waals surface area contributed by atoms with Crippen LogP contribution < -0.4 is 10.6 Å². The maximum atomic E-state index is 5.73. The summed E-state index contributed by atoms with van der Waals surface area (Å²) in [5.41, 5.74) is 10.1. The van der Waals surface area contributed by atoms with E-state index in [1.165, 1.54) is 11.3 Å². The number of benzene rings is 1. The molecule has 0 fully saturated rings. The van der Waals surface area contributed by atoms with E-state index < -0.39 is 0 Å². The Morgan fingerprint density at radius 3 is 2.89 bits per heavy atom. The summed E-state index contributed by atoms with van der Waals surface area (Å²) in [7, 11) is 0. The molecule has 0 amide bonds. The van der Waals surface area contributed by atoms with Gasteiger partial charge in [0, 0.05) is 23.5 Å². The van der Waals surface area contributed by atoms with Crippen LogP contribution in [0.4, 0.5) is 11.5 Å². The van der Waals surface area contributed by atoms with Crippen molar-refractivity contribution in [3.8, 4) is 0 Å². The Morgan fingerprint density at radius 1 is 1.32 bits per heavy atom. The fraction of sp³-hybridized carbons (Fsp3) is 0.200. The second-order valence-corrected chi connectivity index (χ2v) is 5.19. The van der Waals surface area contributed by atoms with Gasteiger partial charge in [-0.15, -0.1) is 0 Å². The molecule has 0 spiro atoms. The molecule has 0 saturated heterocycles. The molecule has 0 bridgehead atoms. The summed E-state index contributed by atoms with van der Waals surface area (Å²) in [6.45, 7) is 2.92. The number of nitrogens with two attached hydrogens (primary N) is 1. The largest absolute Gasteiger partial charge is 0.389 e. The summed E-state index contributed by atoms with van der Waals surface area (Å²) in [5, 5.41) is 0. The molecule has 2 N–H and O–H groups in total. The van der Waals surface area contributed by atoms with Crippen molar-refractivity contribution < 1.29 is 0 Å². The van der Waals surface area contributed by atoms with Gasteiger partial charge in [0.2, 0.25) is 0 Å². The highest BCUT2D eigenvalue weighted by Gasteiger charge is 2.21. The third-order valence-electron chi connectivity index (χ3n) is 3.39. The molecule has 2 aromatic rings. The van der Waals surface area contributed by atoms with Crippen LogP contribution in [0.5, 0.6) is 0 Å². The van der Waals surface area contributed by atoms with Gasteiger partial charge in [0.1, 0.15) is 10.8 Å². The highest BCUT2D eigenvalue weighted by molar-refractivity contribution is 7.80. The first kappa shape index (κ1) is 12.1. The molecule has 1 aliphatic heterocycles. The van der Waals surface area contributed by atoms with E-state index in [0.717, 1.165) is 30.0 Å². The lowest BCUT2D eigenvalue weighted by molar-refractivity contribution is 0.966. The lowest BCUT2D eigenvalue weighted by Crippen LogP contribution is -2.17. The SMILES string of the molecule is Cc1cc(C(N)=S)cc(N2CCc3ccccc32)n1. The van der Waals surface area contributed by atoms with Crippen molar-refractivity contribution in [1.29, 1.82) is 0 Å². The maximum Gasteiger partial charge on any atom is 0.133 e. The van der Waals surface area contributed by atoms with E-state index in [1.807, 2.05) is 19.1 Å². The van der Waals surface area contributed by atoms with Crippen LogP contribution in [-0.4, -0.2) is 16.5 Å². The average molecular weight is 269 g/mol. The number of hydrogen-bond donors (Lipinski definition) is 1. The van der Waals surface area contributed by atoms with E-state index in [0.29, 0.717) is 4.99 Å². The molecule has 0 radical (unpaired) electrons. The second kappa shape index (κ2) is 4.63. The van der Waals surface area contributed by atoms with Gasteiger partial charge in [-0.2, -0.15) is 0 Å². The molecule has 0 atom stereocenters. The number of para-hydroxylation sites is 1. The first-order chi connectivity index (χ1) is 9.15. The van der Waals surface area contributed by atoms with Crippen LogP contribution in [-0.2, 0) is 6.42 Å². The number of anilines is 2. The van der Waals surface area contributed by atoms with Gasteiger partial charge in [-0.1, -0.05) is 30.4 Å². The number of pyridine rings is 1. The number of thiocarbonyl (C=S) groups is 1. The summed E-state index contributed by atoms with van der Waals surface area (Å²) in [6, 6.07) is 12.3. The zero-order valence-electron chi connectivity index (χ0n) is 10.8. The summed E-state index contributed by atoms with van der Waals surface area (Å²) < 4.78 is 0. The summed E-state index contributed by atoms with van der Waals surface area (Å²) in [4.78, 5) is 7.25. The van der Waals surface area contributed by atoms with Crippen molar-refractivity contribution >= 4 is 28.7 Å². The number of nitrogens with zero attached hydrogens (tertiary/aromatic N) is 2. The van der Waals surface area contributed by atoms with Gasteiger partial charge in [-0.25, -0.2) is 4.98 Å². The Kier molecular flexibility index (Phi) is 2.95. The zero-order chi connectivity index (χ0) is 13.4. The topological polar surface area (TPSA) is 42.1 Å². The Labute approximate surface area is 118 Å².